The van der Waals surface area contributed by atoms with Crippen molar-refractivity contribution < 1.29 is 13.2 Å². The van der Waals surface area contributed by atoms with Crippen LogP contribution in [0.15, 0.2) is 53.6 Å². The van der Waals surface area contributed by atoms with Crippen molar-refractivity contribution >= 4 is 50.4 Å². The highest BCUT2D eigenvalue weighted by atomic mass is 32.2. The highest BCUT2D eigenvalue weighted by Crippen LogP contribution is 2.57. The van der Waals surface area contributed by atoms with Gasteiger partial charge in [0, 0.05) is 18.5 Å². The molecule has 5 nitrogen and oxygen atoms in total. The fourth-order valence-electron chi connectivity index (χ4n) is 4.64. The molecule has 1 amide bonds. The Morgan fingerprint density at radius 1 is 1.13 bits per heavy atom. The molecule has 5 rings (SSSR count). The number of nitrogens with zero attached hydrogens (tertiary/aromatic N) is 1. The monoisotopic (exact) mass is 472 g/mol. The summed E-state index contributed by atoms with van der Waals surface area (Å²) in [4.78, 5) is 12.3. The number of benzene rings is 2. The van der Waals surface area contributed by atoms with Gasteiger partial charge in [0.05, 0.1) is 16.5 Å². The lowest BCUT2D eigenvalue weighted by Crippen LogP contribution is -2.50. The number of thioether (sulfide) groups is 2. The van der Waals surface area contributed by atoms with Crippen LogP contribution in [0.5, 0.6) is 0 Å². The molecule has 0 bridgehead atoms. The van der Waals surface area contributed by atoms with Gasteiger partial charge in [0.15, 0.2) is 0 Å². The Kier molecular flexibility index (Phi) is 5.14. The number of hydrogen-bond donors (Lipinski definition) is 1. The minimum Gasteiger partial charge on any atom is -0.351 e. The van der Waals surface area contributed by atoms with E-state index in [1.165, 1.54) is 3.97 Å². The minimum absolute atomic E-state index is 0.0570. The summed E-state index contributed by atoms with van der Waals surface area (Å²) in [5, 5.41) is 4.19. The molecule has 31 heavy (non-hydrogen) atoms. The molecule has 0 saturated carbocycles. The Bertz CT molecular complexity index is 1270. The van der Waals surface area contributed by atoms with Gasteiger partial charge in [-0.15, -0.1) is 23.5 Å². The third kappa shape index (κ3) is 3.31. The lowest BCUT2D eigenvalue weighted by Gasteiger charge is -2.45. The maximum absolute atomic E-state index is 13.5. The van der Waals surface area contributed by atoms with Gasteiger partial charge in [0.2, 0.25) is 5.91 Å². The van der Waals surface area contributed by atoms with Gasteiger partial charge in [-0.1, -0.05) is 29.8 Å². The molecule has 3 aromatic rings. The molecule has 1 saturated heterocycles. The Balaban J connectivity index is 1.72. The number of fused-ring (bicyclic) bond motifs is 1. The van der Waals surface area contributed by atoms with Crippen molar-refractivity contribution in [2.45, 2.75) is 41.7 Å². The summed E-state index contributed by atoms with van der Waals surface area (Å²) in [5.74, 6) is 1.99. The average molecular weight is 473 g/mol. The van der Waals surface area contributed by atoms with E-state index in [4.69, 9.17) is 0 Å². The third-order valence-corrected chi connectivity index (χ3v) is 11.3. The van der Waals surface area contributed by atoms with Gasteiger partial charge >= 0.3 is 0 Å². The zero-order chi connectivity index (χ0) is 21.8. The summed E-state index contributed by atoms with van der Waals surface area (Å²) in [6.45, 7) is 3.49. The van der Waals surface area contributed by atoms with E-state index in [0.29, 0.717) is 11.9 Å². The van der Waals surface area contributed by atoms with Crippen LogP contribution in [-0.4, -0.2) is 35.8 Å². The smallest absolute Gasteiger partial charge is 0.268 e. The summed E-state index contributed by atoms with van der Waals surface area (Å²) in [6.07, 6.45) is 3.50. The van der Waals surface area contributed by atoms with Crippen molar-refractivity contribution in [1.82, 2.24) is 9.29 Å². The summed E-state index contributed by atoms with van der Waals surface area (Å²) >= 11 is 3.76. The van der Waals surface area contributed by atoms with Gasteiger partial charge in [0.25, 0.3) is 10.0 Å². The molecule has 2 aliphatic rings. The van der Waals surface area contributed by atoms with Crippen LogP contribution < -0.4 is 5.32 Å². The minimum atomic E-state index is -3.73. The quantitative estimate of drug-likeness (QED) is 0.617. The first kappa shape index (κ1) is 21.0. The van der Waals surface area contributed by atoms with Crippen molar-refractivity contribution in [3.8, 4) is 0 Å². The van der Waals surface area contributed by atoms with E-state index in [1.54, 1.807) is 25.3 Å². The zero-order valence-corrected chi connectivity index (χ0v) is 19.9. The van der Waals surface area contributed by atoms with Crippen LogP contribution in [0.2, 0.25) is 0 Å². The largest absolute Gasteiger partial charge is 0.351 e. The second-order valence-electron chi connectivity index (χ2n) is 8.14. The highest BCUT2D eigenvalue weighted by molar-refractivity contribution is 8.18. The molecule has 1 N–H and O–H groups in total. The van der Waals surface area contributed by atoms with Crippen LogP contribution in [0.3, 0.4) is 0 Å². The molecule has 8 heteroatoms. The Hall–Kier alpha value is -1.90. The predicted octanol–water partition coefficient (Wildman–Crippen LogP) is 4.27. The molecule has 2 heterocycles. The molecular weight excluding hydrogens is 448 g/mol. The Morgan fingerprint density at radius 2 is 1.84 bits per heavy atom. The van der Waals surface area contributed by atoms with Gasteiger partial charge < -0.3 is 5.32 Å². The van der Waals surface area contributed by atoms with Crippen molar-refractivity contribution in [2.24, 2.45) is 0 Å². The lowest BCUT2D eigenvalue weighted by molar-refractivity contribution is -0.119. The van der Waals surface area contributed by atoms with E-state index >= 15 is 0 Å². The lowest BCUT2D eigenvalue weighted by atomic mass is 9.88. The molecule has 1 spiro atoms. The molecule has 1 aliphatic heterocycles. The summed E-state index contributed by atoms with van der Waals surface area (Å²) in [6, 6.07) is 12.8. The molecule has 1 aliphatic carbocycles. The number of amides is 1. The maximum Gasteiger partial charge on any atom is 0.268 e. The van der Waals surface area contributed by atoms with Crippen LogP contribution in [0.25, 0.3) is 10.9 Å². The summed E-state index contributed by atoms with van der Waals surface area (Å²) in [7, 11) is -3.73. The fourth-order valence-corrected chi connectivity index (χ4v) is 9.57. The van der Waals surface area contributed by atoms with E-state index in [1.807, 2.05) is 54.7 Å². The average Bonchev–Trinajstić information content (AvgIpc) is 3.13. The predicted molar refractivity (Wildman–Crippen MR) is 128 cm³/mol. The number of carbonyl (C=O) groups excluding carboxylic acids is 1. The summed E-state index contributed by atoms with van der Waals surface area (Å²) in [5.41, 5.74) is 3.82. The van der Waals surface area contributed by atoms with Crippen LogP contribution in [0.1, 0.15) is 30.0 Å². The maximum atomic E-state index is 13.5. The third-order valence-electron chi connectivity index (χ3n) is 6.01. The number of aromatic nitrogens is 1. The standard InChI is InChI=1S/C23H24N2O3S3/c1-15-7-9-18(10-8-15)31(27,28)25-14-17-13-21(24-16(2)26)23(29-11-4-12-30-23)19-5-3-6-20(25)22(17)19/h3,5-10,14,21H,4,11-13H2,1-2H3,(H,24,26). The second-order valence-corrected chi connectivity index (χ2v) is 12.9. The highest BCUT2D eigenvalue weighted by Gasteiger charge is 2.48. The van der Waals surface area contributed by atoms with E-state index < -0.39 is 10.0 Å². The van der Waals surface area contributed by atoms with Crippen molar-refractivity contribution in [3.63, 3.8) is 0 Å². The van der Waals surface area contributed by atoms with Gasteiger partial charge in [0.1, 0.15) is 4.08 Å². The van der Waals surface area contributed by atoms with E-state index in [9.17, 15) is 13.2 Å². The fraction of sp³-hybridized carbons (Fsp3) is 0.348. The number of rotatable bonds is 3. The van der Waals surface area contributed by atoms with Crippen molar-refractivity contribution in [3.05, 3.63) is 65.4 Å². The first-order valence-corrected chi connectivity index (χ1v) is 13.7. The van der Waals surface area contributed by atoms with Crippen LogP contribution in [0.4, 0.5) is 0 Å². The molecule has 1 unspecified atom stereocenters. The van der Waals surface area contributed by atoms with Gasteiger partial charge in [-0.05, 0) is 60.6 Å². The van der Waals surface area contributed by atoms with Gasteiger partial charge in [-0.25, -0.2) is 12.4 Å². The number of hydrogen-bond acceptors (Lipinski definition) is 5. The van der Waals surface area contributed by atoms with Gasteiger partial charge in [-0.2, -0.15) is 0 Å². The number of carbonyl (C=O) groups is 1. The molecule has 1 fully saturated rings. The number of nitrogens with one attached hydrogen (secondary N) is 1. The Labute approximate surface area is 191 Å². The van der Waals surface area contributed by atoms with Crippen LogP contribution in [-0.2, 0) is 25.3 Å². The topological polar surface area (TPSA) is 68.2 Å². The van der Waals surface area contributed by atoms with E-state index in [0.717, 1.165) is 40.0 Å². The second kappa shape index (κ2) is 7.60. The van der Waals surface area contributed by atoms with Crippen LogP contribution >= 0.6 is 23.5 Å². The normalized spacial score (nSPS) is 20.1. The van der Waals surface area contributed by atoms with E-state index in [2.05, 4.69) is 11.4 Å². The van der Waals surface area contributed by atoms with Crippen molar-refractivity contribution in [1.29, 1.82) is 0 Å². The first-order chi connectivity index (χ1) is 14.8. The van der Waals surface area contributed by atoms with Crippen molar-refractivity contribution in [2.75, 3.05) is 11.5 Å². The SMILES string of the molecule is CC(=O)NC1Cc2cn(S(=O)(=O)c3ccc(C)cc3)c3cccc(c23)C12SCCCS2. The molecular formula is C23H24N2O3S3. The first-order valence-electron chi connectivity index (χ1n) is 10.3. The molecule has 2 aromatic carbocycles. The molecule has 0 radical (unpaired) electrons. The Morgan fingerprint density at radius 3 is 2.52 bits per heavy atom. The van der Waals surface area contributed by atoms with E-state index in [-0.39, 0.29) is 20.9 Å². The van der Waals surface area contributed by atoms with Crippen LogP contribution in [0, 0.1) is 6.92 Å². The molecule has 1 aromatic heterocycles. The zero-order valence-electron chi connectivity index (χ0n) is 17.4. The van der Waals surface area contributed by atoms with Gasteiger partial charge in [-0.3, -0.25) is 4.79 Å². The number of aryl methyl sites for hydroxylation is 1. The molecule has 1 atom stereocenters. The molecule has 162 valence electrons. The summed E-state index contributed by atoms with van der Waals surface area (Å²) < 4.78 is 28.2.